The van der Waals surface area contributed by atoms with E-state index in [4.69, 9.17) is 0 Å². The zero-order valence-corrected chi connectivity index (χ0v) is 18.8. The molecule has 2 atom stereocenters. The first-order valence-corrected chi connectivity index (χ1v) is 12.1. The first-order chi connectivity index (χ1) is 16.0. The van der Waals surface area contributed by atoms with Crippen molar-refractivity contribution in [1.82, 2.24) is 20.9 Å². The van der Waals surface area contributed by atoms with E-state index in [9.17, 15) is 19.2 Å². The summed E-state index contributed by atoms with van der Waals surface area (Å²) in [6.07, 6.45) is 4.92. The highest BCUT2D eigenvalue weighted by atomic mass is 16.2. The molecule has 0 spiro atoms. The van der Waals surface area contributed by atoms with Gasteiger partial charge in [0.1, 0.15) is 6.04 Å². The maximum atomic E-state index is 13.1. The second-order valence-corrected chi connectivity index (χ2v) is 9.56. The van der Waals surface area contributed by atoms with Crippen LogP contribution in [0, 0.1) is 5.92 Å². The van der Waals surface area contributed by atoms with Crippen LogP contribution in [0.3, 0.4) is 0 Å². The van der Waals surface area contributed by atoms with Crippen molar-refractivity contribution in [3.05, 3.63) is 29.3 Å². The molecule has 0 saturated carbocycles. The van der Waals surface area contributed by atoms with Crippen molar-refractivity contribution in [2.24, 2.45) is 5.92 Å². The number of nitrogens with one attached hydrogen (secondary N) is 3. The third-order valence-electron chi connectivity index (χ3n) is 7.36. The molecule has 3 N–H and O–H groups in total. The predicted molar refractivity (Wildman–Crippen MR) is 122 cm³/mol. The number of nitrogens with zero attached hydrogens (tertiary/aromatic N) is 2. The van der Waals surface area contributed by atoms with Gasteiger partial charge in [-0.1, -0.05) is 0 Å². The van der Waals surface area contributed by atoms with Crippen LogP contribution in [0.15, 0.2) is 18.2 Å². The normalized spacial score (nSPS) is 26.5. The summed E-state index contributed by atoms with van der Waals surface area (Å²) in [5, 5.41) is 9.39. The maximum Gasteiger partial charge on any atom is 0.262 e. The van der Waals surface area contributed by atoms with E-state index in [0.29, 0.717) is 17.2 Å². The van der Waals surface area contributed by atoms with E-state index in [-0.39, 0.29) is 18.7 Å². The number of amides is 4. The minimum absolute atomic E-state index is 0.120. The smallest absolute Gasteiger partial charge is 0.262 e. The van der Waals surface area contributed by atoms with E-state index < -0.39 is 23.8 Å². The lowest BCUT2D eigenvalue weighted by Crippen LogP contribution is -2.54. The number of carbonyl (C=O) groups is 4. The lowest BCUT2D eigenvalue weighted by atomic mass is 9.97. The minimum atomic E-state index is -0.933. The SMILES string of the molecule is O=C1CCC(N2C(=O)c3ccc(N4CCC[C@@H](NCC5CCNCC5)C4)cc3C2=O)C(=O)N1. The van der Waals surface area contributed by atoms with Crippen molar-refractivity contribution >= 4 is 29.3 Å². The van der Waals surface area contributed by atoms with Gasteiger partial charge in [0, 0.05) is 31.2 Å². The number of hydrogen-bond donors (Lipinski definition) is 3. The molecule has 0 bridgehead atoms. The monoisotopic (exact) mass is 453 g/mol. The highest BCUT2D eigenvalue weighted by Crippen LogP contribution is 2.31. The molecule has 4 aliphatic rings. The van der Waals surface area contributed by atoms with Gasteiger partial charge in [0.15, 0.2) is 0 Å². The Morgan fingerprint density at radius 1 is 0.970 bits per heavy atom. The van der Waals surface area contributed by atoms with Crippen molar-refractivity contribution < 1.29 is 19.2 Å². The molecule has 1 aromatic carbocycles. The summed E-state index contributed by atoms with van der Waals surface area (Å²) < 4.78 is 0. The molecule has 9 heteroatoms. The van der Waals surface area contributed by atoms with E-state index in [2.05, 4.69) is 20.9 Å². The predicted octanol–water partition coefficient (Wildman–Crippen LogP) is 0.646. The largest absolute Gasteiger partial charge is 0.370 e. The molecule has 4 aliphatic heterocycles. The van der Waals surface area contributed by atoms with Gasteiger partial charge in [-0.2, -0.15) is 0 Å². The molecule has 5 rings (SSSR count). The summed E-state index contributed by atoms with van der Waals surface area (Å²) in [6, 6.07) is 4.85. The Morgan fingerprint density at radius 3 is 2.55 bits per heavy atom. The molecule has 0 radical (unpaired) electrons. The van der Waals surface area contributed by atoms with E-state index >= 15 is 0 Å². The molecule has 0 aromatic heterocycles. The molecule has 4 amide bonds. The molecule has 33 heavy (non-hydrogen) atoms. The topological polar surface area (TPSA) is 111 Å². The second kappa shape index (κ2) is 9.23. The zero-order chi connectivity index (χ0) is 22.9. The zero-order valence-electron chi connectivity index (χ0n) is 18.8. The fourth-order valence-corrected chi connectivity index (χ4v) is 5.45. The number of benzene rings is 1. The molecule has 3 fully saturated rings. The van der Waals surface area contributed by atoms with Crippen molar-refractivity contribution in [1.29, 1.82) is 0 Å². The Morgan fingerprint density at radius 2 is 1.76 bits per heavy atom. The quantitative estimate of drug-likeness (QED) is 0.562. The summed E-state index contributed by atoms with van der Waals surface area (Å²) in [4.78, 5) is 53.1. The number of fused-ring (bicyclic) bond motifs is 1. The fraction of sp³-hybridized carbons (Fsp3) is 0.583. The van der Waals surface area contributed by atoms with Crippen LogP contribution in [-0.2, 0) is 9.59 Å². The third kappa shape index (κ3) is 4.39. The summed E-state index contributed by atoms with van der Waals surface area (Å²) >= 11 is 0. The van der Waals surface area contributed by atoms with Crippen LogP contribution in [0.2, 0.25) is 0 Å². The van der Waals surface area contributed by atoms with E-state index in [1.165, 1.54) is 12.8 Å². The van der Waals surface area contributed by atoms with E-state index in [1.54, 1.807) is 12.1 Å². The number of anilines is 1. The van der Waals surface area contributed by atoms with Crippen LogP contribution in [0.1, 0.15) is 59.2 Å². The van der Waals surface area contributed by atoms with Crippen molar-refractivity contribution in [2.75, 3.05) is 37.6 Å². The molecule has 0 aliphatic carbocycles. The van der Waals surface area contributed by atoms with E-state index in [0.717, 1.165) is 62.1 Å². The van der Waals surface area contributed by atoms with Crippen LogP contribution in [0.5, 0.6) is 0 Å². The van der Waals surface area contributed by atoms with Crippen LogP contribution in [-0.4, -0.2) is 73.3 Å². The molecular formula is C24H31N5O4. The lowest BCUT2D eigenvalue weighted by Gasteiger charge is -2.36. The van der Waals surface area contributed by atoms with Gasteiger partial charge >= 0.3 is 0 Å². The molecular weight excluding hydrogens is 422 g/mol. The number of imide groups is 2. The van der Waals surface area contributed by atoms with Crippen LogP contribution >= 0.6 is 0 Å². The Kier molecular flexibility index (Phi) is 6.16. The lowest BCUT2D eigenvalue weighted by molar-refractivity contribution is -0.136. The van der Waals surface area contributed by atoms with Gasteiger partial charge in [-0.3, -0.25) is 29.4 Å². The van der Waals surface area contributed by atoms with Gasteiger partial charge in [0.2, 0.25) is 11.8 Å². The maximum absolute atomic E-state index is 13.1. The molecule has 4 heterocycles. The summed E-state index contributed by atoms with van der Waals surface area (Å²) in [7, 11) is 0. The van der Waals surface area contributed by atoms with Gasteiger partial charge in [0.25, 0.3) is 11.8 Å². The van der Waals surface area contributed by atoms with Gasteiger partial charge in [-0.25, -0.2) is 0 Å². The first-order valence-electron chi connectivity index (χ1n) is 12.1. The number of piperidine rings is 3. The molecule has 1 aromatic rings. The Balaban J connectivity index is 1.27. The third-order valence-corrected chi connectivity index (χ3v) is 7.36. The van der Waals surface area contributed by atoms with Gasteiger partial charge < -0.3 is 15.5 Å². The van der Waals surface area contributed by atoms with Crippen molar-refractivity contribution in [3.63, 3.8) is 0 Å². The number of carbonyl (C=O) groups excluding carboxylic acids is 4. The second-order valence-electron chi connectivity index (χ2n) is 9.56. The fourth-order valence-electron chi connectivity index (χ4n) is 5.45. The van der Waals surface area contributed by atoms with E-state index in [1.807, 2.05) is 6.07 Å². The molecule has 176 valence electrons. The van der Waals surface area contributed by atoms with Crippen LogP contribution < -0.4 is 20.9 Å². The molecule has 1 unspecified atom stereocenters. The number of hydrogen-bond acceptors (Lipinski definition) is 7. The van der Waals surface area contributed by atoms with Gasteiger partial charge in [-0.15, -0.1) is 0 Å². The van der Waals surface area contributed by atoms with Crippen LogP contribution in [0.25, 0.3) is 0 Å². The average Bonchev–Trinajstić information content (AvgIpc) is 3.08. The Bertz CT molecular complexity index is 974. The van der Waals surface area contributed by atoms with Crippen molar-refractivity contribution in [2.45, 2.75) is 50.6 Å². The summed E-state index contributed by atoms with van der Waals surface area (Å²) in [5.74, 6) is -1.15. The minimum Gasteiger partial charge on any atom is -0.370 e. The standard InChI is InChI=1S/C24H31N5O4/c30-21-6-5-20(22(31)27-21)29-23(32)18-4-3-17(12-19(18)24(29)33)28-11-1-2-16(14-28)26-13-15-7-9-25-10-8-15/h3-4,12,15-16,20,25-26H,1-2,5-11,13-14H2,(H,27,30,31)/t16-,20?/m1/s1. The molecule has 3 saturated heterocycles. The number of rotatable bonds is 5. The summed E-state index contributed by atoms with van der Waals surface area (Å²) in [5.41, 5.74) is 1.59. The first kappa shape index (κ1) is 22.0. The van der Waals surface area contributed by atoms with Crippen LogP contribution in [0.4, 0.5) is 5.69 Å². The average molecular weight is 454 g/mol. The Labute approximate surface area is 193 Å². The highest BCUT2D eigenvalue weighted by Gasteiger charge is 2.44. The Hall–Kier alpha value is -2.78. The summed E-state index contributed by atoms with van der Waals surface area (Å²) in [6.45, 7) is 5.01. The van der Waals surface area contributed by atoms with Gasteiger partial charge in [0.05, 0.1) is 11.1 Å². The molecule has 9 nitrogen and oxygen atoms in total. The highest BCUT2D eigenvalue weighted by molar-refractivity contribution is 6.23. The van der Waals surface area contributed by atoms with Gasteiger partial charge in [-0.05, 0) is 75.9 Å². The van der Waals surface area contributed by atoms with Crippen molar-refractivity contribution in [3.8, 4) is 0 Å².